The number of hydrogen-bond acceptors (Lipinski definition) is 5. The summed E-state index contributed by atoms with van der Waals surface area (Å²) in [4.78, 5) is 30.9. The highest BCUT2D eigenvalue weighted by molar-refractivity contribution is 5.94. The summed E-state index contributed by atoms with van der Waals surface area (Å²) in [7, 11) is 1.78. The number of amides is 2. The topological polar surface area (TPSA) is 89.4 Å². The lowest BCUT2D eigenvalue weighted by Gasteiger charge is -2.16. The molecule has 1 N–H and O–H groups in total. The van der Waals surface area contributed by atoms with Crippen LogP contribution in [0.25, 0.3) is 0 Å². The van der Waals surface area contributed by atoms with Gasteiger partial charge in [0.25, 0.3) is 11.8 Å². The Morgan fingerprint density at radius 1 is 1.14 bits per heavy atom. The minimum absolute atomic E-state index is 0.0477. The molecule has 2 aromatic heterocycles. The van der Waals surface area contributed by atoms with Gasteiger partial charge in [0.2, 0.25) is 0 Å². The van der Waals surface area contributed by atoms with Crippen LogP contribution in [0.5, 0.6) is 5.75 Å². The molecule has 1 aliphatic rings. The largest absolute Gasteiger partial charge is 0.484 e. The number of hydrogen-bond donors (Lipinski definition) is 1. The number of rotatable bonds is 6. The van der Waals surface area contributed by atoms with Gasteiger partial charge >= 0.3 is 0 Å². The first kappa shape index (κ1) is 18.7. The molecule has 1 aromatic carbocycles. The van der Waals surface area contributed by atoms with Crippen LogP contribution in [0, 0.1) is 0 Å². The van der Waals surface area contributed by atoms with Crippen LogP contribution >= 0.6 is 0 Å². The van der Waals surface area contributed by atoms with Gasteiger partial charge in [-0.25, -0.2) is 0 Å². The van der Waals surface area contributed by atoms with Crippen molar-refractivity contribution >= 4 is 11.8 Å². The normalized spacial score (nSPS) is 12.5. The van der Waals surface area contributed by atoms with Crippen molar-refractivity contribution in [2.75, 3.05) is 6.61 Å². The van der Waals surface area contributed by atoms with E-state index in [0.29, 0.717) is 31.1 Å². The third kappa shape index (κ3) is 4.11. The molecular weight excluding hydrogens is 370 g/mol. The highest BCUT2D eigenvalue weighted by Gasteiger charge is 2.32. The molecule has 0 radical (unpaired) electrons. The number of carbonyl (C=O) groups is 2. The molecule has 0 atom stereocenters. The van der Waals surface area contributed by atoms with Crippen molar-refractivity contribution in [1.29, 1.82) is 0 Å². The quantitative estimate of drug-likeness (QED) is 0.690. The number of nitrogens with one attached hydrogen (secondary N) is 1. The second kappa shape index (κ2) is 8.14. The number of nitrogens with zero attached hydrogens (tertiary/aromatic N) is 4. The highest BCUT2D eigenvalue weighted by atomic mass is 16.5. The van der Waals surface area contributed by atoms with E-state index in [2.05, 4.69) is 15.4 Å². The Labute approximate surface area is 168 Å². The molecule has 0 fully saturated rings. The van der Waals surface area contributed by atoms with Gasteiger partial charge in [-0.2, -0.15) is 5.10 Å². The molecule has 8 nitrogen and oxygen atoms in total. The van der Waals surface area contributed by atoms with Gasteiger partial charge in [0, 0.05) is 31.5 Å². The molecule has 148 valence electrons. The monoisotopic (exact) mass is 391 g/mol. The maximum absolute atomic E-state index is 12.6. The zero-order valence-corrected chi connectivity index (χ0v) is 16.0. The van der Waals surface area contributed by atoms with E-state index in [1.807, 2.05) is 30.3 Å². The molecule has 2 amide bonds. The second-order valence-electron chi connectivity index (χ2n) is 6.79. The van der Waals surface area contributed by atoms with Crippen molar-refractivity contribution in [2.24, 2.45) is 7.05 Å². The fourth-order valence-electron chi connectivity index (χ4n) is 3.27. The first-order valence-corrected chi connectivity index (χ1v) is 9.29. The summed E-state index contributed by atoms with van der Waals surface area (Å²) in [5, 5.41) is 7.22. The molecule has 8 heteroatoms. The summed E-state index contributed by atoms with van der Waals surface area (Å²) >= 11 is 0. The molecular formula is C21H21N5O3. The molecule has 0 saturated carbocycles. The maximum atomic E-state index is 12.6. The Balaban J connectivity index is 1.39. The molecule has 29 heavy (non-hydrogen) atoms. The van der Waals surface area contributed by atoms with E-state index in [1.165, 1.54) is 0 Å². The van der Waals surface area contributed by atoms with Crippen LogP contribution in [-0.4, -0.2) is 38.1 Å². The van der Waals surface area contributed by atoms with Crippen molar-refractivity contribution in [3.8, 4) is 5.75 Å². The first-order valence-electron chi connectivity index (χ1n) is 9.29. The van der Waals surface area contributed by atoms with Crippen LogP contribution < -0.4 is 10.1 Å². The fourth-order valence-corrected chi connectivity index (χ4v) is 3.27. The van der Waals surface area contributed by atoms with E-state index in [4.69, 9.17) is 4.74 Å². The van der Waals surface area contributed by atoms with E-state index < -0.39 is 0 Å². The lowest BCUT2D eigenvalue weighted by Crippen LogP contribution is -2.31. The molecule has 0 bridgehead atoms. The molecule has 3 aromatic rings. The third-order valence-electron chi connectivity index (χ3n) is 4.81. The Bertz CT molecular complexity index is 1020. The first-order chi connectivity index (χ1) is 14.1. The number of para-hydroxylation sites is 1. The molecule has 3 heterocycles. The highest BCUT2D eigenvalue weighted by Crippen LogP contribution is 2.26. The van der Waals surface area contributed by atoms with E-state index in [1.54, 1.807) is 41.2 Å². The van der Waals surface area contributed by atoms with Crippen LogP contribution in [0.3, 0.4) is 0 Å². The van der Waals surface area contributed by atoms with Crippen molar-refractivity contribution in [3.05, 3.63) is 77.4 Å². The van der Waals surface area contributed by atoms with Gasteiger partial charge in [-0.15, -0.1) is 0 Å². The zero-order valence-electron chi connectivity index (χ0n) is 16.0. The van der Waals surface area contributed by atoms with Crippen molar-refractivity contribution in [2.45, 2.75) is 19.6 Å². The number of ether oxygens (including phenoxy) is 1. The molecule has 0 aliphatic carbocycles. The summed E-state index contributed by atoms with van der Waals surface area (Å²) in [5.74, 6) is 0.252. The number of aromatic nitrogens is 3. The van der Waals surface area contributed by atoms with E-state index in [-0.39, 0.29) is 18.4 Å². The zero-order chi connectivity index (χ0) is 20.2. The summed E-state index contributed by atoms with van der Waals surface area (Å²) in [6, 6.07) is 12.9. The average molecular weight is 391 g/mol. The Morgan fingerprint density at radius 3 is 2.72 bits per heavy atom. The number of aryl methyl sites for hydroxylation is 1. The predicted molar refractivity (Wildman–Crippen MR) is 105 cm³/mol. The van der Waals surface area contributed by atoms with Gasteiger partial charge < -0.3 is 15.0 Å². The molecule has 4 rings (SSSR count). The summed E-state index contributed by atoms with van der Waals surface area (Å²) < 4.78 is 7.22. The predicted octanol–water partition coefficient (Wildman–Crippen LogP) is 1.67. The second-order valence-corrected chi connectivity index (χ2v) is 6.79. The van der Waals surface area contributed by atoms with Gasteiger partial charge in [-0.1, -0.05) is 24.3 Å². The number of fused-ring (bicyclic) bond motifs is 1. The average Bonchev–Trinajstić information content (AvgIpc) is 3.32. The van der Waals surface area contributed by atoms with Gasteiger partial charge in [0.05, 0.1) is 18.8 Å². The maximum Gasteiger partial charge on any atom is 0.272 e. The van der Waals surface area contributed by atoms with Crippen molar-refractivity contribution in [3.63, 3.8) is 0 Å². The van der Waals surface area contributed by atoms with Gasteiger partial charge in [0.15, 0.2) is 12.3 Å². The summed E-state index contributed by atoms with van der Waals surface area (Å²) in [6.45, 7) is 1.07. The van der Waals surface area contributed by atoms with Crippen LogP contribution in [0.15, 0.2) is 54.9 Å². The van der Waals surface area contributed by atoms with Gasteiger partial charge in [-0.05, 0) is 23.8 Å². The number of carbonyl (C=O) groups excluding carboxylic acids is 2. The molecule has 0 saturated heterocycles. The van der Waals surface area contributed by atoms with E-state index in [9.17, 15) is 9.59 Å². The number of benzene rings is 1. The standard InChI is InChI=1S/C21H21N5O3/c1-25-18-13-26(19(27)14-29-16-7-3-2-4-8-16)12-17(18)20(24-25)21(28)23-11-15-6-5-9-22-10-15/h2-10H,11-14H2,1H3,(H,23,28). The third-order valence-corrected chi connectivity index (χ3v) is 4.81. The molecule has 0 spiro atoms. The van der Waals surface area contributed by atoms with Crippen LogP contribution in [0.1, 0.15) is 27.3 Å². The minimum Gasteiger partial charge on any atom is -0.484 e. The molecule has 1 aliphatic heterocycles. The summed E-state index contributed by atoms with van der Waals surface area (Å²) in [5.41, 5.74) is 2.91. The molecule has 0 unspecified atom stereocenters. The van der Waals surface area contributed by atoms with Crippen molar-refractivity contribution in [1.82, 2.24) is 25.0 Å². The smallest absolute Gasteiger partial charge is 0.272 e. The van der Waals surface area contributed by atoms with E-state index in [0.717, 1.165) is 16.8 Å². The van der Waals surface area contributed by atoms with Crippen LogP contribution in [0.2, 0.25) is 0 Å². The minimum atomic E-state index is -0.263. The SMILES string of the molecule is Cn1nc(C(=O)NCc2cccnc2)c2c1CN(C(=O)COc1ccccc1)C2. The van der Waals surface area contributed by atoms with Gasteiger partial charge in [-0.3, -0.25) is 19.3 Å². The Morgan fingerprint density at radius 2 is 1.97 bits per heavy atom. The lowest BCUT2D eigenvalue weighted by molar-refractivity contribution is -0.134. The van der Waals surface area contributed by atoms with Crippen LogP contribution in [-0.2, 0) is 31.5 Å². The van der Waals surface area contributed by atoms with E-state index >= 15 is 0 Å². The van der Waals surface area contributed by atoms with Crippen molar-refractivity contribution < 1.29 is 14.3 Å². The van der Waals surface area contributed by atoms with Crippen LogP contribution in [0.4, 0.5) is 0 Å². The summed E-state index contributed by atoms with van der Waals surface area (Å²) in [6.07, 6.45) is 3.39. The Kier molecular flexibility index (Phi) is 5.24. The Hall–Kier alpha value is -3.68. The number of pyridine rings is 1. The fraction of sp³-hybridized carbons (Fsp3) is 0.238. The van der Waals surface area contributed by atoms with Gasteiger partial charge in [0.1, 0.15) is 5.75 Å². The lowest BCUT2D eigenvalue weighted by atomic mass is 10.2.